The molecule has 4 N–H and O–H groups in total. The van der Waals surface area contributed by atoms with Crippen LogP contribution in [0.2, 0.25) is 0 Å². The summed E-state index contributed by atoms with van der Waals surface area (Å²) < 4.78 is 3.89. The zero-order valence-electron chi connectivity index (χ0n) is 10.5. The molecule has 0 atom stereocenters. The molecule has 0 aliphatic heterocycles. The number of rotatable bonds is 2. The first-order valence-electron chi connectivity index (χ1n) is 5.04. The van der Waals surface area contributed by atoms with Crippen molar-refractivity contribution in [2.75, 3.05) is 7.11 Å². The van der Waals surface area contributed by atoms with Crippen LogP contribution in [-0.2, 0) is 10.3 Å². The Morgan fingerprint density at radius 3 is 2.17 bits per heavy atom. The van der Waals surface area contributed by atoms with Gasteiger partial charge in [0.1, 0.15) is 0 Å². The molecular formula is C11H17N3O4. The molecule has 100 valence electrons. The van der Waals surface area contributed by atoms with Crippen LogP contribution in [0.1, 0.15) is 19.4 Å². The molecule has 1 heterocycles. The molecule has 0 unspecified atom stereocenters. The van der Waals surface area contributed by atoms with Gasteiger partial charge in [0.2, 0.25) is 0 Å². The van der Waals surface area contributed by atoms with Gasteiger partial charge in [-0.25, -0.2) is 9.59 Å². The molecule has 0 bridgehead atoms. The monoisotopic (exact) mass is 255 g/mol. The fourth-order valence-corrected chi connectivity index (χ4v) is 1.11. The zero-order valence-corrected chi connectivity index (χ0v) is 10.5. The van der Waals surface area contributed by atoms with E-state index in [-0.39, 0.29) is 0 Å². The predicted molar refractivity (Wildman–Crippen MR) is 65.0 cm³/mol. The molecular weight excluding hydrogens is 238 g/mol. The highest BCUT2D eigenvalue weighted by atomic mass is 16.5. The van der Waals surface area contributed by atoms with Crippen LogP contribution in [-0.4, -0.2) is 29.4 Å². The number of methoxy groups -OCH3 is 1. The Labute approximate surface area is 105 Å². The Kier molecular flexibility index (Phi) is 6.19. The van der Waals surface area contributed by atoms with Gasteiger partial charge >= 0.3 is 12.2 Å². The average molecular weight is 255 g/mol. The second-order valence-corrected chi connectivity index (χ2v) is 3.81. The zero-order chi connectivity index (χ0) is 14.2. The highest BCUT2D eigenvalue weighted by Crippen LogP contribution is 2.18. The number of ether oxygens (including phenoxy) is 1. The van der Waals surface area contributed by atoms with Gasteiger partial charge in [0.25, 0.3) is 0 Å². The van der Waals surface area contributed by atoms with E-state index in [9.17, 15) is 9.59 Å². The highest BCUT2D eigenvalue weighted by Gasteiger charge is 2.21. The number of carboxylic acid groups (broad SMARTS) is 1. The van der Waals surface area contributed by atoms with Crippen LogP contribution in [0.15, 0.2) is 24.5 Å². The molecule has 0 aromatic carbocycles. The van der Waals surface area contributed by atoms with E-state index in [1.54, 1.807) is 38.4 Å². The standard InChI is InChI=1S/C9H12N2O2.C2H5NO2/c1-9(2,11-8(12)13)7-3-5-10-6-4-7;1-5-2(3)4/h3-6,11H,1-2H3,(H,12,13);1H3,(H2,3,4). The molecule has 1 rings (SSSR count). The van der Waals surface area contributed by atoms with Crippen molar-refractivity contribution in [3.8, 4) is 0 Å². The summed E-state index contributed by atoms with van der Waals surface area (Å²) in [6.07, 6.45) is 1.51. The lowest BCUT2D eigenvalue weighted by molar-refractivity contribution is 0.181. The first kappa shape index (κ1) is 15.7. The van der Waals surface area contributed by atoms with Crippen molar-refractivity contribution in [3.05, 3.63) is 30.1 Å². The molecule has 0 saturated carbocycles. The Morgan fingerprint density at radius 1 is 1.39 bits per heavy atom. The summed E-state index contributed by atoms with van der Waals surface area (Å²) in [5, 5.41) is 11.0. The maximum atomic E-state index is 10.5. The lowest BCUT2D eigenvalue weighted by atomic mass is 9.96. The second-order valence-electron chi connectivity index (χ2n) is 3.81. The first-order valence-corrected chi connectivity index (χ1v) is 5.04. The topological polar surface area (TPSA) is 115 Å². The van der Waals surface area contributed by atoms with Gasteiger partial charge in [-0.3, -0.25) is 4.98 Å². The van der Waals surface area contributed by atoms with Crippen molar-refractivity contribution in [2.45, 2.75) is 19.4 Å². The third kappa shape index (κ3) is 6.31. The second kappa shape index (κ2) is 7.10. The normalized spacial score (nSPS) is 9.72. The van der Waals surface area contributed by atoms with Crippen molar-refractivity contribution in [1.82, 2.24) is 10.3 Å². The molecule has 0 radical (unpaired) electrons. The lowest BCUT2D eigenvalue weighted by Gasteiger charge is -2.24. The van der Waals surface area contributed by atoms with Gasteiger partial charge in [-0.15, -0.1) is 0 Å². The maximum Gasteiger partial charge on any atom is 0.405 e. The minimum Gasteiger partial charge on any atom is -0.465 e. The molecule has 7 nitrogen and oxygen atoms in total. The van der Waals surface area contributed by atoms with Gasteiger partial charge in [0.05, 0.1) is 12.6 Å². The Morgan fingerprint density at radius 2 is 1.83 bits per heavy atom. The minimum absolute atomic E-state index is 0.575. The van der Waals surface area contributed by atoms with E-state index >= 15 is 0 Å². The number of carbonyl (C=O) groups is 2. The number of carbonyl (C=O) groups excluding carboxylic acids is 1. The Bertz CT molecular complexity index is 393. The van der Waals surface area contributed by atoms with Crippen LogP contribution in [0.4, 0.5) is 9.59 Å². The van der Waals surface area contributed by atoms with Gasteiger partial charge in [-0.1, -0.05) is 0 Å². The number of nitrogens with zero attached hydrogens (tertiary/aromatic N) is 1. The molecule has 0 aliphatic rings. The summed E-state index contributed by atoms with van der Waals surface area (Å²) in [5.41, 5.74) is 4.75. The van der Waals surface area contributed by atoms with Gasteiger partial charge in [0, 0.05) is 12.4 Å². The quantitative estimate of drug-likeness (QED) is 0.736. The third-order valence-electron chi connectivity index (χ3n) is 2.02. The van der Waals surface area contributed by atoms with Crippen molar-refractivity contribution < 1.29 is 19.4 Å². The predicted octanol–water partition coefficient (Wildman–Crippen LogP) is 1.30. The van der Waals surface area contributed by atoms with Crippen LogP contribution in [0.5, 0.6) is 0 Å². The number of nitrogens with one attached hydrogen (secondary N) is 1. The first-order chi connectivity index (χ1) is 8.29. The summed E-state index contributed by atoms with van der Waals surface area (Å²) in [7, 11) is 1.22. The van der Waals surface area contributed by atoms with Crippen LogP contribution in [0, 0.1) is 0 Å². The number of nitrogens with two attached hydrogens (primary N) is 1. The van der Waals surface area contributed by atoms with E-state index in [1.165, 1.54) is 7.11 Å². The SMILES string of the molecule is CC(C)(NC(=O)O)c1ccncc1.COC(N)=O. The summed E-state index contributed by atoms with van der Waals surface area (Å²) in [5.74, 6) is 0. The van der Waals surface area contributed by atoms with E-state index in [0.29, 0.717) is 0 Å². The van der Waals surface area contributed by atoms with Gasteiger partial charge in [-0.2, -0.15) is 0 Å². The summed E-state index contributed by atoms with van der Waals surface area (Å²) in [6.45, 7) is 3.60. The molecule has 18 heavy (non-hydrogen) atoms. The van der Waals surface area contributed by atoms with Crippen molar-refractivity contribution >= 4 is 12.2 Å². The number of pyridine rings is 1. The minimum atomic E-state index is -1.03. The molecule has 0 saturated heterocycles. The maximum absolute atomic E-state index is 10.5. The smallest absolute Gasteiger partial charge is 0.405 e. The van der Waals surface area contributed by atoms with Crippen LogP contribution >= 0.6 is 0 Å². The molecule has 0 aliphatic carbocycles. The van der Waals surface area contributed by atoms with Crippen LogP contribution in [0.3, 0.4) is 0 Å². The largest absolute Gasteiger partial charge is 0.465 e. The van der Waals surface area contributed by atoms with E-state index < -0.39 is 17.7 Å². The van der Waals surface area contributed by atoms with Crippen LogP contribution < -0.4 is 11.1 Å². The van der Waals surface area contributed by atoms with Crippen LogP contribution in [0.25, 0.3) is 0 Å². The Balaban J connectivity index is 0.000000494. The fourth-order valence-electron chi connectivity index (χ4n) is 1.11. The summed E-state index contributed by atoms with van der Waals surface area (Å²) in [4.78, 5) is 23.7. The fraction of sp³-hybridized carbons (Fsp3) is 0.364. The highest BCUT2D eigenvalue weighted by molar-refractivity contribution is 5.66. The van der Waals surface area contributed by atoms with E-state index in [0.717, 1.165) is 5.56 Å². The molecule has 1 aromatic rings. The van der Waals surface area contributed by atoms with E-state index in [4.69, 9.17) is 5.11 Å². The van der Waals surface area contributed by atoms with E-state index in [2.05, 4.69) is 20.8 Å². The van der Waals surface area contributed by atoms with E-state index in [1.807, 2.05) is 0 Å². The Hall–Kier alpha value is -2.31. The summed E-state index contributed by atoms with van der Waals surface area (Å²) >= 11 is 0. The third-order valence-corrected chi connectivity index (χ3v) is 2.02. The van der Waals surface area contributed by atoms with Gasteiger partial charge < -0.3 is 20.9 Å². The number of hydrogen-bond donors (Lipinski definition) is 3. The summed E-state index contributed by atoms with van der Waals surface area (Å²) in [6, 6.07) is 3.58. The van der Waals surface area contributed by atoms with Crippen molar-refractivity contribution in [2.24, 2.45) is 5.73 Å². The lowest BCUT2D eigenvalue weighted by Crippen LogP contribution is -2.39. The van der Waals surface area contributed by atoms with Crippen molar-refractivity contribution in [3.63, 3.8) is 0 Å². The van der Waals surface area contributed by atoms with Gasteiger partial charge in [0.15, 0.2) is 0 Å². The van der Waals surface area contributed by atoms with Gasteiger partial charge in [-0.05, 0) is 31.5 Å². The molecule has 0 spiro atoms. The molecule has 1 aromatic heterocycles. The average Bonchev–Trinajstić information content (AvgIpc) is 2.29. The molecule has 0 fully saturated rings. The molecule has 2 amide bonds. The molecule has 7 heteroatoms. The number of aromatic nitrogens is 1. The number of amides is 2. The van der Waals surface area contributed by atoms with Crippen molar-refractivity contribution in [1.29, 1.82) is 0 Å². The number of primary amides is 1. The number of hydrogen-bond acceptors (Lipinski definition) is 4.